The highest BCUT2D eigenvalue weighted by atomic mass is 14.8. The number of nitrogens with two attached hydrogens (primary N) is 1. The Labute approximate surface area is 81.6 Å². The lowest BCUT2D eigenvalue weighted by Gasteiger charge is -2.23. The Morgan fingerprint density at radius 2 is 2.00 bits per heavy atom. The highest BCUT2D eigenvalue weighted by Crippen LogP contribution is 2.19. The maximum Gasteiger partial charge on any atom is 0.0497 e. The molecule has 1 rings (SSSR count). The Balaban J connectivity index is 2.25. The quantitative estimate of drug-likeness (QED) is 0.669. The van der Waals surface area contributed by atoms with Crippen LogP contribution in [0.25, 0.3) is 0 Å². The highest BCUT2D eigenvalue weighted by molar-refractivity contribution is 5.60. The molecular weight excluding hydrogens is 160 g/mol. The van der Waals surface area contributed by atoms with E-state index in [1.54, 1.807) is 0 Å². The van der Waals surface area contributed by atoms with Crippen LogP contribution >= 0.6 is 0 Å². The number of aliphatic imine (C=N–C) groups is 1. The Morgan fingerprint density at radius 3 is 2.54 bits per heavy atom. The Morgan fingerprint density at radius 1 is 1.38 bits per heavy atom. The molecule has 0 aliphatic heterocycles. The fourth-order valence-corrected chi connectivity index (χ4v) is 1.62. The second kappa shape index (κ2) is 5.38. The molecule has 1 atom stereocenters. The van der Waals surface area contributed by atoms with Crippen LogP contribution in [0.5, 0.6) is 0 Å². The molecule has 13 heavy (non-hydrogen) atoms. The van der Waals surface area contributed by atoms with Crippen molar-refractivity contribution in [3.8, 4) is 0 Å². The third-order valence-corrected chi connectivity index (χ3v) is 2.94. The third kappa shape index (κ3) is 3.90. The van der Waals surface area contributed by atoms with Crippen molar-refractivity contribution < 1.29 is 0 Å². The minimum Gasteiger partial charge on any atom is -0.328 e. The predicted octanol–water partition coefficient (Wildman–Crippen LogP) is 2.37. The van der Waals surface area contributed by atoms with Gasteiger partial charge in [-0.25, -0.2) is 0 Å². The molecule has 0 amide bonds. The van der Waals surface area contributed by atoms with E-state index in [9.17, 15) is 0 Å². The molecule has 76 valence electrons. The zero-order valence-electron chi connectivity index (χ0n) is 8.87. The maximum atomic E-state index is 5.83. The molecule has 0 aromatic rings. The number of hydrogen-bond acceptors (Lipinski definition) is 2. The van der Waals surface area contributed by atoms with Crippen LogP contribution in [0.1, 0.15) is 46.0 Å². The number of nitrogens with zero attached hydrogens (tertiary/aromatic N) is 1. The number of hydrogen-bond donors (Lipinski definition) is 1. The summed E-state index contributed by atoms with van der Waals surface area (Å²) in [5.74, 6) is 0.635. The van der Waals surface area contributed by atoms with Crippen LogP contribution in [0, 0.1) is 5.92 Å². The summed E-state index contributed by atoms with van der Waals surface area (Å²) in [7, 11) is 0. The highest BCUT2D eigenvalue weighted by Gasteiger charge is 2.16. The van der Waals surface area contributed by atoms with Gasteiger partial charge in [0.1, 0.15) is 0 Å². The van der Waals surface area contributed by atoms with Crippen LogP contribution in [-0.2, 0) is 0 Å². The molecule has 0 aromatic heterocycles. The van der Waals surface area contributed by atoms with Crippen molar-refractivity contribution in [2.24, 2.45) is 16.6 Å². The predicted molar refractivity (Wildman–Crippen MR) is 58.2 cm³/mol. The van der Waals surface area contributed by atoms with Gasteiger partial charge in [-0.2, -0.15) is 0 Å². The molecule has 1 saturated carbocycles. The monoisotopic (exact) mass is 182 g/mol. The average molecular weight is 182 g/mol. The summed E-state index contributed by atoms with van der Waals surface area (Å²) in [6.07, 6.45) is 8.00. The maximum absolute atomic E-state index is 5.83. The first-order chi connectivity index (χ1) is 6.22. The third-order valence-electron chi connectivity index (χ3n) is 2.94. The van der Waals surface area contributed by atoms with Gasteiger partial charge in [-0.05, 0) is 38.0 Å². The topological polar surface area (TPSA) is 38.4 Å². The van der Waals surface area contributed by atoms with Gasteiger partial charge in [-0.3, -0.25) is 4.99 Å². The normalized spacial score (nSPS) is 32.2. The molecule has 0 saturated heterocycles. The zero-order chi connectivity index (χ0) is 9.68. The van der Waals surface area contributed by atoms with Gasteiger partial charge in [0.25, 0.3) is 0 Å². The minimum atomic E-state index is 0.440. The van der Waals surface area contributed by atoms with Crippen molar-refractivity contribution in [1.29, 1.82) is 0 Å². The lowest BCUT2D eigenvalue weighted by atomic mass is 9.92. The first-order valence-corrected chi connectivity index (χ1v) is 5.51. The van der Waals surface area contributed by atoms with Crippen molar-refractivity contribution in [3.05, 3.63) is 0 Å². The van der Waals surface area contributed by atoms with Crippen LogP contribution in [0.4, 0.5) is 0 Å². The van der Waals surface area contributed by atoms with E-state index in [0.717, 1.165) is 12.8 Å². The van der Waals surface area contributed by atoms with Gasteiger partial charge in [-0.1, -0.05) is 13.8 Å². The largest absolute Gasteiger partial charge is 0.328 e. The van der Waals surface area contributed by atoms with Crippen LogP contribution < -0.4 is 5.73 Å². The molecule has 1 fully saturated rings. The lowest BCUT2D eigenvalue weighted by molar-refractivity contribution is 0.396. The molecule has 0 heterocycles. The fourth-order valence-electron chi connectivity index (χ4n) is 1.62. The van der Waals surface area contributed by atoms with Gasteiger partial charge in [0.15, 0.2) is 0 Å². The van der Waals surface area contributed by atoms with E-state index in [-0.39, 0.29) is 0 Å². The van der Waals surface area contributed by atoms with Crippen molar-refractivity contribution in [2.45, 2.75) is 58.0 Å². The molecular formula is C11H22N2. The molecule has 2 heteroatoms. The van der Waals surface area contributed by atoms with Gasteiger partial charge in [0.05, 0.1) is 0 Å². The summed E-state index contributed by atoms with van der Waals surface area (Å²) in [5.41, 5.74) is 5.83. The molecule has 0 radical (unpaired) electrons. The lowest BCUT2D eigenvalue weighted by Crippen LogP contribution is -2.28. The van der Waals surface area contributed by atoms with Crippen molar-refractivity contribution >= 4 is 6.21 Å². The Bertz CT molecular complexity index is 157. The minimum absolute atomic E-state index is 0.440. The van der Waals surface area contributed by atoms with E-state index < -0.39 is 0 Å². The molecule has 0 bridgehead atoms. The number of rotatable bonds is 3. The average Bonchev–Trinajstić information content (AvgIpc) is 2.16. The SMILES string of the molecule is CCC(C)/C=N/C1CCC(N)CC1. The van der Waals surface area contributed by atoms with Crippen LogP contribution in [0.3, 0.4) is 0 Å². The smallest absolute Gasteiger partial charge is 0.0497 e. The van der Waals surface area contributed by atoms with Gasteiger partial charge in [0.2, 0.25) is 0 Å². The van der Waals surface area contributed by atoms with E-state index in [4.69, 9.17) is 5.73 Å². The van der Waals surface area contributed by atoms with Gasteiger partial charge >= 0.3 is 0 Å². The van der Waals surface area contributed by atoms with Crippen molar-refractivity contribution in [2.75, 3.05) is 0 Å². The fraction of sp³-hybridized carbons (Fsp3) is 0.909. The molecule has 0 spiro atoms. The Kier molecular flexibility index (Phi) is 4.43. The van der Waals surface area contributed by atoms with E-state index in [2.05, 4.69) is 25.1 Å². The van der Waals surface area contributed by atoms with Gasteiger partial charge in [-0.15, -0.1) is 0 Å². The summed E-state index contributed by atoms with van der Waals surface area (Å²) >= 11 is 0. The second-order valence-electron chi connectivity index (χ2n) is 4.25. The molecule has 2 N–H and O–H groups in total. The summed E-state index contributed by atoms with van der Waals surface area (Å²) in [5, 5.41) is 0. The first-order valence-electron chi connectivity index (χ1n) is 5.51. The molecule has 2 nitrogen and oxygen atoms in total. The standard InChI is InChI=1S/C11H22N2/c1-3-9(2)8-13-11-6-4-10(12)5-7-11/h8-11H,3-7,12H2,1-2H3/b13-8+. The zero-order valence-corrected chi connectivity index (χ0v) is 8.87. The molecule has 0 aromatic carbocycles. The Hall–Kier alpha value is -0.370. The summed E-state index contributed by atoms with van der Waals surface area (Å²) in [6, 6.07) is 1.00. The van der Waals surface area contributed by atoms with Crippen molar-refractivity contribution in [3.63, 3.8) is 0 Å². The van der Waals surface area contributed by atoms with Gasteiger partial charge < -0.3 is 5.73 Å². The van der Waals surface area contributed by atoms with Gasteiger partial charge in [0, 0.05) is 18.3 Å². The van der Waals surface area contributed by atoms with E-state index >= 15 is 0 Å². The summed E-state index contributed by atoms with van der Waals surface area (Å²) in [6.45, 7) is 4.42. The molecule has 1 unspecified atom stereocenters. The molecule has 1 aliphatic rings. The van der Waals surface area contributed by atoms with E-state index in [0.29, 0.717) is 18.0 Å². The second-order valence-corrected chi connectivity index (χ2v) is 4.25. The first kappa shape index (κ1) is 10.7. The summed E-state index contributed by atoms with van der Waals surface area (Å²) < 4.78 is 0. The van der Waals surface area contributed by atoms with Crippen LogP contribution in [0.15, 0.2) is 4.99 Å². The van der Waals surface area contributed by atoms with E-state index in [1.165, 1.54) is 19.3 Å². The summed E-state index contributed by atoms with van der Waals surface area (Å²) in [4.78, 5) is 4.61. The van der Waals surface area contributed by atoms with E-state index in [1.807, 2.05) is 0 Å². The van der Waals surface area contributed by atoms with Crippen LogP contribution in [0.2, 0.25) is 0 Å². The molecule has 1 aliphatic carbocycles. The van der Waals surface area contributed by atoms with Crippen molar-refractivity contribution in [1.82, 2.24) is 0 Å². The van der Waals surface area contributed by atoms with Crippen LogP contribution in [-0.4, -0.2) is 18.3 Å².